The second kappa shape index (κ2) is 11.3. The van der Waals surface area contributed by atoms with E-state index in [1.807, 2.05) is 0 Å². The van der Waals surface area contributed by atoms with E-state index in [9.17, 15) is 0 Å². The second-order valence-corrected chi connectivity index (χ2v) is 40.6. The highest BCUT2D eigenvalue weighted by atomic mass is 31.3. The Labute approximate surface area is 208 Å². The van der Waals surface area contributed by atoms with E-state index in [1.165, 1.54) is 0 Å². The zero-order chi connectivity index (χ0) is 26.9. The SMILES string of the molecule is C=P(C)(C)C.CP1(C)=NP(C)(C)=NP(C)(C)=N1.CP1(C)=NP(C)(C)=NP(C)(C)=NP(C)(C)=N1. The standard InChI is InChI=1S/C8H24N4P4.C6H18N3P3.C4H11P/c1-13(2)9-14(3,4)11-16(7,8)12-15(5,6)10-13;1-10(2)7-11(3,4)9-12(5,6)8-10;1-5(2,3)4/h1-8H3;1-6H3;1H2,2-4H3. The molecule has 0 saturated carbocycles. The van der Waals surface area contributed by atoms with Gasteiger partial charge in [-0.1, -0.05) is 0 Å². The molecule has 2 rings (SSSR count). The molecule has 0 aliphatic carbocycles. The fourth-order valence-electron chi connectivity index (χ4n) is 3.87. The smallest absolute Gasteiger partial charge is 0.0750 e. The maximum atomic E-state index is 4.98. The summed E-state index contributed by atoms with van der Waals surface area (Å²) in [6.45, 7) is 36.5. The van der Waals surface area contributed by atoms with Gasteiger partial charge in [0.15, 0.2) is 0 Å². The Morgan fingerprint density at radius 2 is 0.394 bits per heavy atom. The third-order valence-electron chi connectivity index (χ3n) is 3.06. The van der Waals surface area contributed by atoms with Gasteiger partial charge in [0.1, 0.15) is 0 Å². The summed E-state index contributed by atoms with van der Waals surface area (Å²) in [5, 5.41) is 0. The van der Waals surface area contributed by atoms with Crippen molar-refractivity contribution in [3.8, 4) is 0 Å². The molecule has 2 heterocycles. The molecule has 0 bridgehead atoms. The summed E-state index contributed by atoms with van der Waals surface area (Å²) in [5.41, 5.74) is 0. The highest BCUT2D eigenvalue weighted by molar-refractivity contribution is 7.86. The molecule has 0 amide bonds. The van der Waals surface area contributed by atoms with Gasteiger partial charge in [0, 0.05) is 0 Å². The van der Waals surface area contributed by atoms with Crippen molar-refractivity contribution in [2.45, 2.75) is 0 Å². The Morgan fingerprint density at radius 1 is 0.333 bits per heavy atom. The first-order chi connectivity index (χ1) is 13.9. The van der Waals surface area contributed by atoms with E-state index in [-0.39, 0.29) is 0 Å². The number of hydrogen-bond donors (Lipinski definition) is 0. The van der Waals surface area contributed by atoms with Gasteiger partial charge < -0.3 is 0 Å². The molecule has 0 unspecified atom stereocenters. The summed E-state index contributed by atoms with van der Waals surface area (Å²) in [4.78, 5) is 0. The van der Waals surface area contributed by atoms with Crippen LogP contribution < -0.4 is 0 Å². The zero-order valence-electron chi connectivity index (χ0n) is 24.4. The minimum Gasteiger partial charge on any atom is -0.242 e. The van der Waals surface area contributed by atoms with Crippen molar-refractivity contribution < 1.29 is 0 Å². The largest absolute Gasteiger partial charge is 0.242 e. The molecular weight excluding hydrogens is 562 g/mol. The third kappa shape index (κ3) is 17.9. The Morgan fingerprint density at radius 3 is 0.455 bits per heavy atom. The van der Waals surface area contributed by atoms with Crippen LogP contribution in [0.1, 0.15) is 0 Å². The lowest BCUT2D eigenvalue weighted by molar-refractivity contribution is 1.61. The molecule has 0 aromatic carbocycles. The maximum Gasteiger partial charge on any atom is 0.0750 e. The van der Waals surface area contributed by atoms with Crippen LogP contribution in [0.5, 0.6) is 0 Å². The average Bonchev–Trinajstić information content (AvgIpc) is 2.20. The van der Waals surface area contributed by atoms with Crippen molar-refractivity contribution in [1.29, 1.82) is 0 Å². The van der Waals surface area contributed by atoms with Crippen molar-refractivity contribution in [3.05, 3.63) is 0 Å². The first-order valence-electron chi connectivity index (χ1n) is 10.7. The Kier molecular flexibility index (Phi) is 12.0. The topological polar surface area (TPSA) is 86.5 Å². The van der Waals surface area contributed by atoms with Crippen LogP contribution in [0.4, 0.5) is 0 Å². The lowest BCUT2D eigenvalue weighted by atomic mass is 11.8. The lowest BCUT2D eigenvalue weighted by Gasteiger charge is -2.26. The van der Waals surface area contributed by atoms with Crippen molar-refractivity contribution in [2.24, 2.45) is 31.6 Å². The van der Waals surface area contributed by atoms with Crippen LogP contribution >= 0.6 is 57.3 Å². The first kappa shape index (κ1) is 34.9. The minimum absolute atomic E-state index is 0.639. The van der Waals surface area contributed by atoms with Crippen LogP contribution in [0.2, 0.25) is 0 Å². The summed E-state index contributed by atoms with van der Waals surface area (Å²) >= 11 is 0. The zero-order valence-corrected chi connectivity index (χ0v) is 31.6. The lowest BCUT2D eigenvalue weighted by Crippen LogP contribution is -1.82. The highest BCUT2D eigenvalue weighted by Crippen LogP contribution is 2.72. The van der Waals surface area contributed by atoms with Crippen LogP contribution in [0, 0.1) is 0 Å². The number of hydrogen-bond acceptors (Lipinski definition) is 7. The molecule has 0 saturated heterocycles. The van der Waals surface area contributed by atoms with E-state index in [0.29, 0.717) is 0 Å². The van der Waals surface area contributed by atoms with E-state index in [2.05, 4.69) is 120 Å². The van der Waals surface area contributed by atoms with Gasteiger partial charge in [0.2, 0.25) is 0 Å². The normalized spacial score (nSPS) is 26.8. The van der Waals surface area contributed by atoms with Gasteiger partial charge in [-0.25, -0.2) is 31.6 Å². The van der Waals surface area contributed by atoms with Gasteiger partial charge in [0.05, 0.1) is 50.4 Å². The van der Waals surface area contributed by atoms with Crippen LogP contribution in [0.3, 0.4) is 0 Å². The second-order valence-electron chi connectivity index (χ2n) is 12.3. The Hall–Kier alpha value is 1.91. The summed E-state index contributed by atoms with van der Waals surface area (Å²) in [6.07, 6.45) is 3.88. The number of nitrogens with zero attached hydrogens (tertiary/aromatic N) is 7. The van der Waals surface area contributed by atoms with Gasteiger partial charge in [-0.15, -0.1) is 13.2 Å². The minimum atomic E-state index is -1.53. The van der Waals surface area contributed by atoms with E-state index in [0.717, 1.165) is 0 Å². The quantitative estimate of drug-likeness (QED) is 0.243. The molecule has 2 aliphatic heterocycles. The summed E-state index contributed by atoms with van der Waals surface area (Å²) in [6, 6.07) is 0. The van der Waals surface area contributed by atoms with Gasteiger partial charge in [0.25, 0.3) is 0 Å². The van der Waals surface area contributed by atoms with Gasteiger partial charge in [-0.05, 0) is 113 Å². The van der Waals surface area contributed by atoms with E-state index in [1.54, 1.807) is 0 Å². The fourth-order valence-corrected chi connectivity index (χ4v) is 37.1. The average molecular weight is 615 g/mol. The third-order valence-corrected chi connectivity index (χ3v) is 27.6. The molecule has 0 N–H and O–H groups in total. The monoisotopic (exact) mass is 615 g/mol. The molecule has 7 nitrogen and oxygen atoms in total. The molecule has 0 aromatic rings. The first-order valence-corrected chi connectivity index (χ1v) is 32.2. The summed E-state index contributed by atoms with van der Waals surface area (Å²) < 4.78 is 34.2. The summed E-state index contributed by atoms with van der Waals surface area (Å²) in [5.74, 6) is 0. The van der Waals surface area contributed by atoms with Crippen LogP contribution in [-0.2, 0) is 0 Å². The molecule has 0 fully saturated rings. The molecule has 15 heteroatoms. The van der Waals surface area contributed by atoms with Crippen molar-refractivity contribution in [3.63, 3.8) is 0 Å². The Balaban J connectivity index is 0.000000530. The molecule has 0 atom stereocenters. The van der Waals surface area contributed by atoms with Gasteiger partial charge >= 0.3 is 0 Å². The van der Waals surface area contributed by atoms with E-state index < -0.39 is 57.3 Å². The molecule has 0 aromatic heterocycles. The van der Waals surface area contributed by atoms with Crippen LogP contribution in [0.25, 0.3) is 0 Å². The predicted molar refractivity (Wildman–Crippen MR) is 180 cm³/mol. The van der Waals surface area contributed by atoms with Crippen LogP contribution in [-0.4, -0.2) is 120 Å². The van der Waals surface area contributed by atoms with Crippen molar-refractivity contribution >= 4 is 63.6 Å². The molecule has 0 spiro atoms. The van der Waals surface area contributed by atoms with E-state index in [4.69, 9.17) is 31.6 Å². The predicted octanol–water partition coefficient (Wildman–Crippen LogP) is 11.0. The van der Waals surface area contributed by atoms with E-state index >= 15 is 0 Å². The Bertz CT molecular complexity index is 970. The number of rotatable bonds is 0. The van der Waals surface area contributed by atoms with Crippen LogP contribution in [0.15, 0.2) is 31.6 Å². The van der Waals surface area contributed by atoms with Crippen molar-refractivity contribution in [1.82, 2.24) is 0 Å². The van der Waals surface area contributed by atoms with Gasteiger partial charge in [-0.2, -0.15) is 0 Å². The molecular formula is C18H53N7P8. The summed E-state index contributed by atoms with van der Waals surface area (Å²) in [7, 11) is -10.1. The van der Waals surface area contributed by atoms with Crippen molar-refractivity contribution in [2.75, 3.05) is 113 Å². The molecule has 33 heavy (non-hydrogen) atoms. The molecule has 2 aliphatic rings. The molecule has 200 valence electrons. The highest BCUT2D eigenvalue weighted by Gasteiger charge is 2.21. The molecule has 0 radical (unpaired) electrons. The van der Waals surface area contributed by atoms with Gasteiger partial charge in [-0.3, -0.25) is 0 Å². The fraction of sp³-hybridized carbons (Fsp3) is 0.944. The maximum absolute atomic E-state index is 4.98.